The number of aliphatic hydroxyl groups excluding tert-OH is 1. The zero-order valence-electron chi connectivity index (χ0n) is 19.1. The van der Waals surface area contributed by atoms with Gasteiger partial charge in [-0.1, -0.05) is 12.1 Å². The van der Waals surface area contributed by atoms with Gasteiger partial charge >= 0.3 is 0 Å². The third-order valence-electron chi connectivity index (χ3n) is 5.28. The first-order valence-corrected chi connectivity index (χ1v) is 10.4. The van der Waals surface area contributed by atoms with Crippen molar-refractivity contribution in [1.82, 2.24) is 19.7 Å². The molecule has 1 aliphatic rings. The highest BCUT2D eigenvalue weighted by atomic mass is 16.5. The molecule has 1 unspecified atom stereocenters. The van der Waals surface area contributed by atoms with Crippen LogP contribution in [0.3, 0.4) is 0 Å². The predicted molar refractivity (Wildman–Crippen MR) is 124 cm³/mol. The maximum Gasteiger partial charge on any atom is 0.238 e. The largest absolute Gasteiger partial charge is 0.494 e. The van der Waals surface area contributed by atoms with Crippen molar-refractivity contribution in [1.29, 1.82) is 0 Å². The molecule has 0 amide bonds. The van der Waals surface area contributed by atoms with Gasteiger partial charge in [0, 0.05) is 24.1 Å². The lowest BCUT2D eigenvalue weighted by Gasteiger charge is -2.29. The molecule has 2 atom stereocenters. The van der Waals surface area contributed by atoms with Crippen molar-refractivity contribution in [3.63, 3.8) is 0 Å². The predicted octanol–water partition coefficient (Wildman–Crippen LogP) is 2.86. The average molecular weight is 450 g/mol. The molecule has 0 aliphatic carbocycles. The molecular weight excluding hydrogens is 424 g/mol. The number of pyridine rings is 1. The van der Waals surface area contributed by atoms with Gasteiger partial charge in [0.1, 0.15) is 29.0 Å². The number of rotatable bonds is 7. The van der Waals surface area contributed by atoms with E-state index in [-0.39, 0.29) is 6.17 Å². The van der Waals surface area contributed by atoms with Gasteiger partial charge in [-0.3, -0.25) is 14.5 Å². The summed E-state index contributed by atoms with van der Waals surface area (Å²) in [6.07, 6.45) is 2.50. The number of methoxy groups -OCH3 is 3. The molecule has 2 aromatic heterocycles. The number of hydrogen-bond acceptors (Lipinski definition) is 9. The topological polar surface area (TPSA) is 107 Å². The van der Waals surface area contributed by atoms with Gasteiger partial charge in [-0.25, -0.2) is 4.98 Å². The summed E-state index contributed by atoms with van der Waals surface area (Å²) in [4.78, 5) is 10.9. The van der Waals surface area contributed by atoms with Crippen LogP contribution in [0.1, 0.15) is 13.8 Å². The summed E-state index contributed by atoms with van der Waals surface area (Å²) in [5.41, 5.74) is 1.81. The molecular formula is C23H26N6O4. The Bertz CT molecular complexity index is 1180. The molecule has 3 heterocycles. The first-order valence-electron chi connectivity index (χ1n) is 10.4. The third kappa shape index (κ3) is 4.12. The Hall–Kier alpha value is -3.92. The van der Waals surface area contributed by atoms with Gasteiger partial charge in [-0.15, -0.1) is 10.2 Å². The highest BCUT2D eigenvalue weighted by molar-refractivity contribution is 5.82. The van der Waals surface area contributed by atoms with Gasteiger partial charge in [0.2, 0.25) is 11.8 Å². The first kappa shape index (κ1) is 22.3. The summed E-state index contributed by atoms with van der Waals surface area (Å²) in [6.45, 7) is 3.61. The summed E-state index contributed by atoms with van der Waals surface area (Å²) < 4.78 is 18.5. The van der Waals surface area contributed by atoms with E-state index >= 15 is 0 Å². The molecule has 0 bridgehead atoms. The van der Waals surface area contributed by atoms with Gasteiger partial charge in [-0.2, -0.15) is 0 Å². The van der Waals surface area contributed by atoms with Gasteiger partial charge in [0.05, 0.1) is 27.4 Å². The Labute approximate surface area is 191 Å². The van der Waals surface area contributed by atoms with E-state index in [1.54, 1.807) is 40.5 Å². The lowest BCUT2D eigenvalue weighted by Crippen LogP contribution is -2.33. The molecule has 0 saturated carbocycles. The van der Waals surface area contributed by atoms with Crippen LogP contribution in [0.25, 0.3) is 17.2 Å². The fraction of sp³-hybridized carbons (Fsp3) is 0.304. The molecule has 0 fully saturated rings. The Balaban J connectivity index is 2.01. The van der Waals surface area contributed by atoms with E-state index in [0.29, 0.717) is 46.1 Å². The van der Waals surface area contributed by atoms with Gasteiger partial charge in [0.25, 0.3) is 0 Å². The molecule has 10 nitrogen and oxygen atoms in total. The van der Waals surface area contributed by atoms with Crippen LogP contribution < -0.4 is 19.1 Å². The van der Waals surface area contributed by atoms with Crippen LogP contribution in [-0.2, 0) is 0 Å². The fourth-order valence-corrected chi connectivity index (χ4v) is 3.53. The van der Waals surface area contributed by atoms with Crippen molar-refractivity contribution in [3.8, 4) is 34.6 Å². The number of para-hydroxylation sites is 1. The molecule has 1 aromatic carbocycles. The van der Waals surface area contributed by atoms with Crippen molar-refractivity contribution < 1.29 is 19.3 Å². The second-order valence-corrected chi connectivity index (χ2v) is 7.36. The van der Waals surface area contributed by atoms with Gasteiger partial charge in [-0.05, 0) is 32.0 Å². The minimum absolute atomic E-state index is 0.290. The number of ether oxygens (including phenoxy) is 3. The summed E-state index contributed by atoms with van der Waals surface area (Å²) in [5.74, 6) is 2.49. The molecule has 172 valence electrons. The Morgan fingerprint density at radius 3 is 2.30 bits per heavy atom. The van der Waals surface area contributed by atoms with Crippen LogP contribution in [0.5, 0.6) is 17.4 Å². The molecule has 4 rings (SSSR count). The number of aromatic nitrogens is 4. The van der Waals surface area contributed by atoms with E-state index in [0.717, 1.165) is 0 Å². The van der Waals surface area contributed by atoms with E-state index in [1.807, 2.05) is 52.9 Å². The molecule has 33 heavy (non-hydrogen) atoms. The average Bonchev–Trinajstić information content (AvgIpc) is 3.28. The molecule has 0 saturated heterocycles. The lowest BCUT2D eigenvalue weighted by atomic mass is 10.1. The summed E-state index contributed by atoms with van der Waals surface area (Å²) in [7, 11) is 4.73. The number of hydrogen-bond donors (Lipinski definition) is 1. The van der Waals surface area contributed by atoms with E-state index in [1.165, 1.54) is 0 Å². The molecule has 1 N–H and O–H groups in total. The van der Waals surface area contributed by atoms with Crippen LogP contribution in [0.2, 0.25) is 0 Å². The van der Waals surface area contributed by atoms with Crippen LogP contribution >= 0.6 is 0 Å². The highest BCUT2D eigenvalue weighted by Crippen LogP contribution is 2.39. The quantitative estimate of drug-likeness (QED) is 0.586. The van der Waals surface area contributed by atoms with Crippen molar-refractivity contribution in [2.75, 3.05) is 26.2 Å². The number of nitrogens with zero attached hydrogens (tertiary/aromatic N) is 6. The van der Waals surface area contributed by atoms with Crippen LogP contribution in [-0.4, -0.2) is 64.7 Å². The molecule has 0 spiro atoms. The molecule has 1 aliphatic heterocycles. The number of aliphatic hydroxyl groups is 1. The summed E-state index contributed by atoms with van der Waals surface area (Å²) in [5, 5.41) is 19.1. The zero-order valence-corrected chi connectivity index (χ0v) is 19.1. The van der Waals surface area contributed by atoms with Crippen molar-refractivity contribution >= 4 is 12.2 Å². The molecule has 10 heteroatoms. The second kappa shape index (κ2) is 9.29. The SMILES string of the molecule is COc1cccc(-c2nnc(N3C=C([C@H](C)O)C=NC3C)n2-c2c(OC)cccc2OC)n1. The maximum atomic E-state index is 10.1. The third-order valence-corrected chi connectivity index (χ3v) is 5.28. The van der Waals surface area contributed by atoms with Crippen molar-refractivity contribution in [2.45, 2.75) is 26.1 Å². The van der Waals surface area contributed by atoms with E-state index in [2.05, 4.69) is 20.2 Å². The summed E-state index contributed by atoms with van der Waals surface area (Å²) >= 11 is 0. The molecule has 3 aromatic rings. The van der Waals surface area contributed by atoms with Crippen molar-refractivity contribution in [3.05, 3.63) is 48.2 Å². The first-order chi connectivity index (χ1) is 16.0. The Morgan fingerprint density at radius 1 is 0.970 bits per heavy atom. The van der Waals surface area contributed by atoms with E-state index in [9.17, 15) is 5.11 Å². The molecule has 0 radical (unpaired) electrons. The number of anilines is 1. The summed E-state index contributed by atoms with van der Waals surface area (Å²) in [6, 6.07) is 10.9. The van der Waals surface area contributed by atoms with Crippen molar-refractivity contribution in [2.24, 2.45) is 4.99 Å². The highest BCUT2D eigenvalue weighted by Gasteiger charge is 2.29. The van der Waals surface area contributed by atoms with Gasteiger partial charge in [0.15, 0.2) is 5.82 Å². The number of benzene rings is 1. The van der Waals surface area contributed by atoms with E-state index < -0.39 is 6.10 Å². The minimum Gasteiger partial charge on any atom is -0.494 e. The standard InChI is InChI=1S/C23H26N6O4/c1-14(30)16-12-24-15(2)28(13-16)23-27-26-22(17-8-6-11-20(25-17)33-5)29(23)21-18(31-3)9-7-10-19(21)32-4/h6-15,30H,1-5H3/t14-,15?/m0/s1. The smallest absolute Gasteiger partial charge is 0.238 e. The second-order valence-electron chi connectivity index (χ2n) is 7.36. The van der Waals surface area contributed by atoms with Gasteiger partial charge < -0.3 is 19.3 Å². The Kier molecular flexibility index (Phi) is 6.27. The lowest BCUT2D eigenvalue weighted by molar-refractivity contribution is 0.237. The van der Waals surface area contributed by atoms with Crippen LogP contribution in [0.4, 0.5) is 5.95 Å². The fourth-order valence-electron chi connectivity index (χ4n) is 3.53. The van der Waals surface area contributed by atoms with Crippen LogP contribution in [0.15, 0.2) is 53.2 Å². The zero-order chi connectivity index (χ0) is 23.5. The monoisotopic (exact) mass is 450 g/mol. The number of aliphatic imine (C=N–C) groups is 1. The Morgan fingerprint density at radius 2 is 1.67 bits per heavy atom. The van der Waals surface area contributed by atoms with Crippen LogP contribution in [0, 0.1) is 0 Å². The minimum atomic E-state index is -0.694. The maximum absolute atomic E-state index is 10.1. The normalized spacial score (nSPS) is 16.4. The van der Waals surface area contributed by atoms with E-state index in [4.69, 9.17) is 14.2 Å².